The average molecular weight is 568 g/mol. The lowest BCUT2D eigenvalue weighted by Crippen LogP contribution is -2.52. The fraction of sp³-hybridized carbons (Fsp3) is 0.261. The first-order valence-corrected chi connectivity index (χ1v) is 10.8. The normalized spacial score (nSPS) is 12.9. The van der Waals surface area contributed by atoms with Gasteiger partial charge in [0.2, 0.25) is 18.1 Å². The Bertz CT molecular complexity index is 1440. The number of aromatic nitrogens is 1. The molecule has 0 aliphatic rings. The van der Waals surface area contributed by atoms with E-state index < -0.39 is 86.7 Å². The monoisotopic (exact) mass is 567 g/mol. The number of fused-ring (bicyclic) bond motifs is 1. The molecule has 3 aromatic rings. The summed E-state index contributed by atoms with van der Waals surface area (Å²) in [6.07, 6.45) is -0.772. The SMILES string of the molecule is CC(C)(C)NC(=O)C(c1c(C(=O)O)[nH]c2cc(Cl)ccc12)N(C=O)C(F)(F)c1c(F)c(F)c(F)c(F)c1F. The van der Waals surface area contributed by atoms with Crippen molar-refractivity contribution >= 4 is 40.8 Å². The van der Waals surface area contributed by atoms with Crippen molar-refractivity contribution in [1.82, 2.24) is 15.2 Å². The summed E-state index contributed by atoms with van der Waals surface area (Å²) >= 11 is 5.89. The van der Waals surface area contributed by atoms with Crippen molar-refractivity contribution in [1.29, 1.82) is 0 Å². The Morgan fingerprint density at radius 2 is 1.55 bits per heavy atom. The fourth-order valence-electron chi connectivity index (χ4n) is 3.77. The van der Waals surface area contributed by atoms with E-state index in [4.69, 9.17) is 11.6 Å². The number of aromatic amines is 1. The summed E-state index contributed by atoms with van der Waals surface area (Å²) in [4.78, 5) is 38.9. The number of alkyl halides is 2. The molecule has 0 spiro atoms. The van der Waals surface area contributed by atoms with Crippen molar-refractivity contribution in [2.45, 2.75) is 38.4 Å². The summed E-state index contributed by atoms with van der Waals surface area (Å²) in [5.41, 5.74) is -5.68. The molecule has 0 fully saturated rings. The first-order valence-electron chi connectivity index (χ1n) is 10.4. The van der Waals surface area contributed by atoms with Gasteiger partial charge in [-0.2, -0.15) is 8.78 Å². The van der Waals surface area contributed by atoms with Gasteiger partial charge in [0, 0.05) is 27.0 Å². The van der Waals surface area contributed by atoms with Crippen LogP contribution >= 0.6 is 11.6 Å². The molecule has 0 saturated carbocycles. The third-order valence-corrected chi connectivity index (χ3v) is 5.50. The molecule has 0 bridgehead atoms. The fourth-order valence-corrected chi connectivity index (χ4v) is 3.94. The first kappa shape index (κ1) is 28.8. The summed E-state index contributed by atoms with van der Waals surface area (Å²) in [7, 11) is 0. The number of carbonyl (C=O) groups excluding carboxylic acids is 2. The van der Waals surface area contributed by atoms with E-state index in [0.717, 1.165) is 6.07 Å². The van der Waals surface area contributed by atoms with Crippen molar-refractivity contribution in [3.8, 4) is 0 Å². The second-order valence-electron chi connectivity index (χ2n) is 9.05. The number of nitrogens with one attached hydrogen (secondary N) is 2. The molecule has 38 heavy (non-hydrogen) atoms. The van der Waals surface area contributed by atoms with Crippen LogP contribution in [-0.2, 0) is 15.6 Å². The highest BCUT2D eigenvalue weighted by Gasteiger charge is 2.52. The van der Waals surface area contributed by atoms with Crippen LogP contribution in [0.5, 0.6) is 0 Å². The Labute approximate surface area is 214 Å². The molecule has 204 valence electrons. The van der Waals surface area contributed by atoms with Gasteiger partial charge in [-0.1, -0.05) is 17.7 Å². The second-order valence-corrected chi connectivity index (χ2v) is 9.49. The van der Waals surface area contributed by atoms with E-state index >= 15 is 8.78 Å². The van der Waals surface area contributed by atoms with E-state index in [1.165, 1.54) is 32.9 Å². The Kier molecular flexibility index (Phi) is 7.43. The van der Waals surface area contributed by atoms with Gasteiger partial charge >= 0.3 is 12.0 Å². The van der Waals surface area contributed by atoms with Gasteiger partial charge in [-0.25, -0.2) is 26.7 Å². The molecule has 3 rings (SSSR count). The largest absolute Gasteiger partial charge is 0.477 e. The van der Waals surface area contributed by atoms with Crippen molar-refractivity contribution < 1.29 is 50.2 Å². The van der Waals surface area contributed by atoms with E-state index in [0.29, 0.717) is 0 Å². The molecule has 0 aliphatic carbocycles. The minimum absolute atomic E-state index is 0.0527. The van der Waals surface area contributed by atoms with Gasteiger partial charge in [-0.3, -0.25) is 14.5 Å². The number of carbonyl (C=O) groups is 3. The molecule has 1 atom stereocenters. The van der Waals surface area contributed by atoms with Crippen LogP contribution in [0.25, 0.3) is 10.9 Å². The van der Waals surface area contributed by atoms with Gasteiger partial charge in [0.25, 0.3) is 0 Å². The molecule has 1 aromatic heterocycles. The van der Waals surface area contributed by atoms with Crippen LogP contribution in [0.2, 0.25) is 5.02 Å². The molecular formula is C23H17ClF7N3O4. The maximum atomic E-state index is 15.7. The predicted octanol–water partition coefficient (Wildman–Crippen LogP) is 5.38. The van der Waals surface area contributed by atoms with Crippen molar-refractivity contribution in [3.05, 3.63) is 69.1 Å². The number of carboxylic acids is 1. The van der Waals surface area contributed by atoms with Gasteiger partial charge in [-0.05, 0) is 32.9 Å². The lowest BCUT2D eigenvalue weighted by molar-refractivity contribution is -0.185. The van der Waals surface area contributed by atoms with Crippen molar-refractivity contribution in [2.24, 2.45) is 0 Å². The summed E-state index contributed by atoms with van der Waals surface area (Å²) in [6, 6.07) is -4.57. The van der Waals surface area contributed by atoms with Gasteiger partial charge < -0.3 is 15.4 Å². The van der Waals surface area contributed by atoms with Crippen LogP contribution in [0.15, 0.2) is 18.2 Å². The molecule has 0 radical (unpaired) electrons. The molecule has 7 nitrogen and oxygen atoms in total. The van der Waals surface area contributed by atoms with Gasteiger partial charge in [0.1, 0.15) is 17.3 Å². The van der Waals surface area contributed by atoms with Crippen LogP contribution < -0.4 is 5.32 Å². The Balaban J connectivity index is 2.42. The molecule has 2 aromatic carbocycles. The molecule has 1 unspecified atom stereocenters. The van der Waals surface area contributed by atoms with Crippen LogP contribution in [-0.4, -0.2) is 38.8 Å². The summed E-state index contributed by atoms with van der Waals surface area (Å²) in [5.74, 6) is -17.4. The zero-order valence-corrected chi connectivity index (χ0v) is 20.3. The first-order chi connectivity index (χ1) is 17.4. The molecular weight excluding hydrogens is 551 g/mol. The predicted molar refractivity (Wildman–Crippen MR) is 119 cm³/mol. The lowest BCUT2D eigenvalue weighted by Gasteiger charge is -2.36. The third kappa shape index (κ3) is 4.87. The van der Waals surface area contributed by atoms with Crippen LogP contribution in [0.4, 0.5) is 30.7 Å². The van der Waals surface area contributed by atoms with Crippen LogP contribution in [0.1, 0.15) is 48.4 Å². The highest BCUT2D eigenvalue weighted by molar-refractivity contribution is 6.31. The van der Waals surface area contributed by atoms with Crippen LogP contribution in [0.3, 0.4) is 0 Å². The standard InChI is InChI=1S/C23H17ClF7N3O4/c1-22(2,3)33-20(36)19(11-9-5-4-8(24)6-10(9)32-18(11)21(37)38)34(7-35)23(30,31)12-13(25)15(27)17(29)16(28)14(12)26/h4-7,19,32H,1-3H3,(H,33,36)(H,37,38). The average Bonchev–Trinajstić information content (AvgIpc) is 3.16. The zero-order chi connectivity index (χ0) is 28.9. The minimum Gasteiger partial charge on any atom is -0.477 e. The van der Waals surface area contributed by atoms with E-state index in [-0.39, 0.29) is 15.9 Å². The highest BCUT2D eigenvalue weighted by atomic mass is 35.5. The number of halogens is 8. The van der Waals surface area contributed by atoms with E-state index in [9.17, 15) is 41.4 Å². The molecule has 0 saturated heterocycles. The number of hydrogen-bond acceptors (Lipinski definition) is 3. The zero-order valence-electron chi connectivity index (χ0n) is 19.5. The minimum atomic E-state index is -5.38. The van der Waals surface area contributed by atoms with Gasteiger partial charge in [0.15, 0.2) is 23.3 Å². The summed E-state index contributed by atoms with van der Waals surface area (Å²) < 4.78 is 101. The molecule has 2 amide bonds. The van der Waals surface area contributed by atoms with E-state index in [1.54, 1.807) is 0 Å². The van der Waals surface area contributed by atoms with Crippen LogP contribution in [0, 0.1) is 29.1 Å². The van der Waals surface area contributed by atoms with Gasteiger partial charge in [-0.15, -0.1) is 0 Å². The summed E-state index contributed by atoms with van der Waals surface area (Å²) in [5, 5.41) is 11.8. The number of carboxylic acid groups (broad SMARTS) is 1. The maximum absolute atomic E-state index is 15.7. The quantitative estimate of drug-likeness (QED) is 0.117. The number of aromatic carboxylic acids is 1. The molecule has 0 aliphatic heterocycles. The number of hydrogen-bond donors (Lipinski definition) is 3. The number of nitrogens with zero attached hydrogens (tertiary/aromatic N) is 1. The van der Waals surface area contributed by atoms with Gasteiger partial charge in [0.05, 0.1) is 0 Å². The molecule has 15 heteroatoms. The number of benzene rings is 2. The highest BCUT2D eigenvalue weighted by Crippen LogP contribution is 2.44. The summed E-state index contributed by atoms with van der Waals surface area (Å²) in [6.45, 7) is 4.17. The van der Waals surface area contributed by atoms with E-state index in [2.05, 4.69) is 10.3 Å². The molecule has 3 N–H and O–H groups in total. The van der Waals surface area contributed by atoms with Crippen molar-refractivity contribution in [2.75, 3.05) is 0 Å². The third-order valence-electron chi connectivity index (χ3n) is 5.26. The Morgan fingerprint density at radius 3 is 2.03 bits per heavy atom. The second kappa shape index (κ2) is 9.82. The molecule has 1 heterocycles. The van der Waals surface area contributed by atoms with E-state index in [1.807, 2.05) is 0 Å². The Morgan fingerprint density at radius 1 is 1.03 bits per heavy atom. The number of rotatable bonds is 7. The topological polar surface area (TPSA) is 102 Å². The number of amides is 2. The maximum Gasteiger partial charge on any atom is 0.361 e. The smallest absolute Gasteiger partial charge is 0.361 e. The number of H-pyrrole nitrogens is 1. The Hall–Kier alpha value is -3.81. The van der Waals surface area contributed by atoms with Crippen molar-refractivity contribution in [3.63, 3.8) is 0 Å². The lowest BCUT2D eigenvalue weighted by atomic mass is 9.97.